The second-order valence-corrected chi connectivity index (χ2v) is 4.95. The lowest BCUT2D eigenvalue weighted by Gasteiger charge is -2.31. The molecule has 1 saturated heterocycles. The number of methoxy groups -OCH3 is 1. The molecule has 1 rings (SSSR count). The molecule has 84 valence electrons. The van der Waals surface area contributed by atoms with Gasteiger partial charge in [0.1, 0.15) is 0 Å². The Kier molecular flexibility index (Phi) is 3.93. The maximum Gasteiger partial charge on any atom is 0.0931 e. The Bertz CT molecular complexity index is 180. The van der Waals surface area contributed by atoms with Gasteiger partial charge in [-0.15, -0.1) is 0 Å². The molecule has 14 heavy (non-hydrogen) atoms. The molecule has 0 bridgehead atoms. The van der Waals surface area contributed by atoms with Gasteiger partial charge >= 0.3 is 0 Å². The third kappa shape index (κ3) is 3.23. The molecular formula is C11H23NO2. The molecule has 0 N–H and O–H groups in total. The first-order valence-corrected chi connectivity index (χ1v) is 5.35. The maximum atomic E-state index is 5.81. The molecule has 0 aromatic heterocycles. The van der Waals surface area contributed by atoms with E-state index in [1.165, 1.54) is 0 Å². The third-order valence-electron chi connectivity index (χ3n) is 2.75. The van der Waals surface area contributed by atoms with Gasteiger partial charge < -0.3 is 9.47 Å². The molecule has 1 heterocycles. The summed E-state index contributed by atoms with van der Waals surface area (Å²) < 4.78 is 11.2. The summed E-state index contributed by atoms with van der Waals surface area (Å²) in [6, 6.07) is 0.550. The van der Waals surface area contributed by atoms with Gasteiger partial charge in [0.05, 0.1) is 18.3 Å². The van der Waals surface area contributed by atoms with Crippen molar-refractivity contribution in [1.29, 1.82) is 0 Å². The van der Waals surface area contributed by atoms with Crippen LogP contribution in [0.25, 0.3) is 0 Å². The van der Waals surface area contributed by atoms with Gasteiger partial charge in [0.15, 0.2) is 0 Å². The first-order valence-electron chi connectivity index (χ1n) is 5.35. The number of hydrogen-bond donors (Lipinski definition) is 0. The number of hydrogen-bond acceptors (Lipinski definition) is 3. The summed E-state index contributed by atoms with van der Waals surface area (Å²) in [5.74, 6) is 0. The molecule has 1 aliphatic rings. The molecule has 3 heteroatoms. The van der Waals surface area contributed by atoms with Gasteiger partial charge in [-0.25, -0.2) is 0 Å². The zero-order chi connectivity index (χ0) is 10.8. The Balaban J connectivity index is 2.65. The summed E-state index contributed by atoms with van der Waals surface area (Å²) in [6.07, 6.45) is 0.208. The minimum Gasteiger partial charge on any atom is -0.378 e. The zero-order valence-electron chi connectivity index (χ0n) is 10.0. The highest BCUT2D eigenvalue weighted by Gasteiger charge is 2.30. The smallest absolute Gasteiger partial charge is 0.0931 e. The van der Waals surface area contributed by atoms with Crippen LogP contribution in [0.1, 0.15) is 27.7 Å². The topological polar surface area (TPSA) is 21.7 Å². The van der Waals surface area contributed by atoms with E-state index in [1.807, 2.05) is 0 Å². The molecule has 0 aliphatic carbocycles. The van der Waals surface area contributed by atoms with Gasteiger partial charge in [0.2, 0.25) is 0 Å². The molecule has 0 aromatic rings. The van der Waals surface area contributed by atoms with Crippen LogP contribution in [-0.2, 0) is 9.47 Å². The summed E-state index contributed by atoms with van der Waals surface area (Å²) in [5, 5.41) is 0. The Labute approximate surface area is 87.4 Å². The van der Waals surface area contributed by atoms with Crippen LogP contribution < -0.4 is 0 Å². The van der Waals surface area contributed by atoms with E-state index in [4.69, 9.17) is 9.47 Å². The molecule has 0 unspecified atom stereocenters. The Morgan fingerprint density at radius 2 is 2.07 bits per heavy atom. The Morgan fingerprint density at radius 1 is 1.43 bits per heavy atom. The predicted octanol–water partition coefficient (Wildman–Crippen LogP) is 1.52. The van der Waals surface area contributed by atoms with Crippen LogP contribution in [0, 0.1) is 0 Å². The zero-order valence-corrected chi connectivity index (χ0v) is 10.0. The molecule has 1 aliphatic heterocycles. The van der Waals surface area contributed by atoms with E-state index in [9.17, 15) is 0 Å². The SMILES string of the molecule is CO[C@@H]1COC(C)(C)CN(C(C)C)C1. The highest BCUT2D eigenvalue weighted by Crippen LogP contribution is 2.19. The van der Waals surface area contributed by atoms with Crippen LogP contribution >= 0.6 is 0 Å². The van der Waals surface area contributed by atoms with Crippen molar-refractivity contribution in [2.24, 2.45) is 0 Å². The van der Waals surface area contributed by atoms with Crippen LogP contribution in [-0.4, -0.2) is 49.5 Å². The third-order valence-corrected chi connectivity index (χ3v) is 2.75. The van der Waals surface area contributed by atoms with Gasteiger partial charge in [0.25, 0.3) is 0 Å². The van der Waals surface area contributed by atoms with E-state index in [1.54, 1.807) is 7.11 Å². The molecule has 0 aromatic carbocycles. The van der Waals surface area contributed by atoms with Crippen molar-refractivity contribution in [2.75, 3.05) is 26.8 Å². The predicted molar refractivity (Wildman–Crippen MR) is 57.5 cm³/mol. The quantitative estimate of drug-likeness (QED) is 0.676. The minimum atomic E-state index is -0.0580. The van der Waals surface area contributed by atoms with E-state index in [2.05, 4.69) is 32.6 Å². The van der Waals surface area contributed by atoms with Crippen LogP contribution in [0.15, 0.2) is 0 Å². The van der Waals surface area contributed by atoms with Crippen LogP contribution in [0.2, 0.25) is 0 Å². The van der Waals surface area contributed by atoms with Gasteiger partial charge in [-0.3, -0.25) is 4.90 Å². The van der Waals surface area contributed by atoms with Crippen molar-refractivity contribution in [1.82, 2.24) is 4.90 Å². The Morgan fingerprint density at radius 3 is 2.57 bits per heavy atom. The standard InChI is InChI=1S/C11H23NO2/c1-9(2)12-6-10(13-5)7-14-11(3,4)8-12/h9-10H,6-8H2,1-5H3/t10-/m0/s1. The van der Waals surface area contributed by atoms with Crippen LogP contribution in [0.4, 0.5) is 0 Å². The van der Waals surface area contributed by atoms with Crippen molar-refractivity contribution in [3.05, 3.63) is 0 Å². The maximum absolute atomic E-state index is 5.81. The van der Waals surface area contributed by atoms with E-state index >= 15 is 0 Å². The van der Waals surface area contributed by atoms with Crippen molar-refractivity contribution in [3.63, 3.8) is 0 Å². The summed E-state index contributed by atoms with van der Waals surface area (Å²) in [4.78, 5) is 2.42. The normalized spacial score (nSPS) is 29.1. The highest BCUT2D eigenvalue weighted by atomic mass is 16.5. The lowest BCUT2D eigenvalue weighted by Crippen LogP contribution is -2.43. The average Bonchev–Trinajstić information content (AvgIpc) is 2.23. The molecule has 0 spiro atoms. The van der Waals surface area contributed by atoms with Crippen molar-refractivity contribution >= 4 is 0 Å². The minimum absolute atomic E-state index is 0.0580. The van der Waals surface area contributed by atoms with E-state index in [0.717, 1.165) is 13.1 Å². The lowest BCUT2D eigenvalue weighted by atomic mass is 10.1. The molecular weight excluding hydrogens is 178 g/mol. The van der Waals surface area contributed by atoms with E-state index in [0.29, 0.717) is 12.6 Å². The van der Waals surface area contributed by atoms with Crippen LogP contribution in [0.5, 0.6) is 0 Å². The number of rotatable bonds is 2. The molecule has 0 amide bonds. The van der Waals surface area contributed by atoms with Crippen molar-refractivity contribution < 1.29 is 9.47 Å². The summed E-state index contributed by atoms with van der Waals surface area (Å²) in [5.41, 5.74) is -0.0580. The van der Waals surface area contributed by atoms with Crippen molar-refractivity contribution in [2.45, 2.75) is 45.4 Å². The van der Waals surface area contributed by atoms with E-state index < -0.39 is 0 Å². The first-order chi connectivity index (χ1) is 6.44. The van der Waals surface area contributed by atoms with Gasteiger partial charge in [0, 0.05) is 26.2 Å². The molecule has 0 radical (unpaired) electrons. The number of ether oxygens (including phenoxy) is 2. The Hall–Kier alpha value is -0.120. The highest BCUT2D eigenvalue weighted by molar-refractivity contribution is 4.82. The monoisotopic (exact) mass is 201 g/mol. The second-order valence-electron chi connectivity index (χ2n) is 4.95. The fraction of sp³-hybridized carbons (Fsp3) is 1.00. The second kappa shape index (κ2) is 4.60. The number of nitrogens with zero attached hydrogens (tertiary/aromatic N) is 1. The van der Waals surface area contributed by atoms with Crippen LogP contribution in [0.3, 0.4) is 0 Å². The van der Waals surface area contributed by atoms with Gasteiger partial charge in [-0.05, 0) is 27.7 Å². The van der Waals surface area contributed by atoms with Gasteiger partial charge in [-0.1, -0.05) is 0 Å². The van der Waals surface area contributed by atoms with E-state index in [-0.39, 0.29) is 11.7 Å². The fourth-order valence-corrected chi connectivity index (χ4v) is 1.77. The fourth-order valence-electron chi connectivity index (χ4n) is 1.77. The van der Waals surface area contributed by atoms with Gasteiger partial charge in [-0.2, -0.15) is 0 Å². The summed E-state index contributed by atoms with van der Waals surface area (Å²) >= 11 is 0. The average molecular weight is 201 g/mol. The summed E-state index contributed by atoms with van der Waals surface area (Å²) in [7, 11) is 1.75. The molecule has 1 atom stereocenters. The molecule has 1 fully saturated rings. The molecule has 3 nitrogen and oxygen atoms in total. The first kappa shape index (κ1) is 12.0. The van der Waals surface area contributed by atoms with Crippen molar-refractivity contribution in [3.8, 4) is 0 Å². The molecule has 0 saturated carbocycles. The lowest BCUT2D eigenvalue weighted by molar-refractivity contribution is -0.0493. The largest absolute Gasteiger partial charge is 0.378 e. The summed E-state index contributed by atoms with van der Waals surface area (Å²) in [6.45, 7) is 11.4.